The highest BCUT2D eigenvalue weighted by molar-refractivity contribution is 6.07. The van der Waals surface area contributed by atoms with Gasteiger partial charge in [0.1, 0.15) is 17.3 Å². The number of amides is 2. The first-order chi connectivity index (χ1) is 13.4. The molecule has 0 heterocycles. The molecule has 2 N–H and O–H groups in total. The van der Waals surface area contributed by atoms with Gasteiger partial charge in [0, 0.05) is 16.8 Å². The number of hydrogen-bond acceptors (Lipinski definition) is 2. The number of benzene rings is 3. The molecule has 0 atom stereocenters. The summed E-state index contributed by atoms with van der Waals surface area (Å²) in [6.45, 7) is 3.80. The van der Waals surface area contributed by atoms with E-state index in [0.29, 0.717) is 5.56 Å². The Kier molecular flexibility index (Phi) is 5.49. The molecular weight excluding hydrogens is 362 g/mol. The Bertz CT molecular complexity index is 922. The largest absolute Gasteiger partial charge is 0.322 e. The topological polar surface area (TPSA) is 58.2 Å². The smallest absolute Gasteiger partial charge is 0.255 e. The van der Waals surface area contributed by atoms with E-state index in [0.717, 1.165) is 28.9 Å². The summed E-state index contributed by atoms with van der Waals surface area (Å²) in [6, 6.07) is 14.8. The van der Waals surface area contributed by atoms with Gasteiger partial charge >= 0.3 is 0 Å². The second kappa shape index (κ2) is 8.00. The molecule has 3 rings (SSSR count). The number of anilines is 2. The number of carbonyl (C=O) groups excluding carboxylic acids is 2. The summed E-state index contributed by atoms with van der Waals surface area (Å²) in [5.74, 6) is -2.72. The van der Waals surface area contributed by atoms with Crippen LogP contribution in [-0.4, -0.2) is 11.8 Å². The van der Waals surface area contributed by atoms with Crippen LogP contribution < -0.4 is 10.6 Å². The number of carbonyl (C=O) groups is 2. The average Bonchev–Trinajstić information content (AvgIpc) is 2.67. The van der Waals surface area contributed by atoms with Gasteiger partial charge in [-0.1, -0.05) is 24.3 Å². The van der Waals surface area contributed by atoms with Crippen molar-refractivity contribution in [3.05, 3.63) is 94.6 Å². The van der Waals surface area contributed by atoms with Crippen molar-refractivity contribution in [3.8, 4) is 0 Å². The Hall–Kier alpha value is -3.54. The number of rotatable bonds is 4. The van der Waals surface area contributed by atoms with Gasteiger partial charge in [-0.2, -0.15) is 0 Å². The molecule has 0 aliphatic heterocycles. The Morgan fingerprint density at radius 3 is 1.50 bits per heavy atom. The first-order valence-corrected chi connectivity index (χ1v) is 8.60. The third-order valence-corrected chi connectivity index (χ3v) is 4.33. The molecule has 142 valence electrons. The molecule has 4 nitrogen and oxygen atoms in total. The molecule has 28 heavy (non-hydrogen) atoms. The van der Waals surface area contributed by atoms with Gasteiger partial charge in [-0.15, -0.1) is 0 Å². The summed E-state index contributed by atoms with van der Waals surface area (Å²) in [6.07, 6.45) is 0. The zero-order valence-electron chi connectivity index (χ0n) is 15.3. The minimum absolute atomic E-state index is 0.172. The van der Waals surface area contributed by atoms with Gasteiger partial charge in [0.2, 0.25) is 0 Å². The second-order valence-electron chi connectivity index (χ2n) is 6.35. The summed E-state index contributed by atoms with van der Waals surface area (Å²) in [4.78, 5) is 24.7. The zero-order chi connectivity index (χ0) is 20.3. The number of halogens is 2. The highest BCUT2D eigenvalue weighted by atomic mass is 19.1. The molecule has 0 saturated heterocycles. The van der Waals surface area contributed by atoms with Gasteiger partial charge in [-0.25, -0.2) is 8.78 Å². The fraction of sp³-hybridized carbons (Fsp3) is 0.0909. The van der Waals surface area contributed by atoms with Crippen LogP contribution in [0.25, 0.3) is 0 Å². The summed E-state index contributed by atoms with van der Waals surface area (Å²) >= 11 is 0. The lowest BCUT2D eigenvalue weighted by Crippen LogP contribution is -2.16. The molecule has 0 aromatic heterocycles. The average molecular weight is 380 g/mol. The van der Waals surface area contributed by atoms with Crippen LogP contribution in [0.2, 0.25) is 0 Å². The Morgan fingerprint density at radius 1 is 0.643 bits per heavy atom. The molecule has 6 heteroatoms. The van der Waals surface area contributed by atoms with E-state index in [-0.39, 0.29) is 11.5 Å². The van der Waals surface area contributed by atoms with E-state index in [9.17, 15) is 18.4 Å². The van der Waals surface area contributed by atoms with Crippen LogP contribution in [0.5, 0.6) is 0 Å². The Labute approximate surface area is 161 Å². The molecule has 0 bridgehead atoms. The van der Waals surface area contributed by atoms with Crippen molar-refractivity contribution >= 4 is 23.2 Å². The number of para-hydroxylation sites is 2. The van der Waals surface area contributed by atoms with Crippen molar-refractivity contribution in [3.63, 3.8) is 0 Å². The first kappa shape index (κ1) is 19.2. The highest BCUT2D eigenvalue weighted by Gasteiger charge is 2.15. The molecule has 0 saturated carbocycles. The first-order valence-electron chi connectivity index (χ1n) is 8.60. The van der Waals surface area contributed by atoms with Crippen LogP contribution in [-0.2, 0) is 0 Å². The van der Waals surface area contributed by atoms with E-state index in [1.54, 1.807) is 0 Å². The molecule has 3 aromatic carbocycles. The highest BCUT2D eigenvalue weighted by Crippen LogP contribution is 2.21. The summed E-state index contributed by atoms with van der Waals surface area (Å²) < 4.78 is 27.3. The van der Waals surface area contributed by atoms with Crippen molar-refractivity contribution in [2.75, 3.05) is 10.6 Å². The lowest BCUT2D eigenvalue weighted by atomic mass is 10.1. The van der Waals surface area contributed by atoms with Crippen molar-refractivity contribution in [1.29, 1.82) is 0 Å². The van der Waals surface area contributed by atoms with Crippen molar-refractivity contribution < 1.29 is 18.4 Å². The maximum Gasteiger partial charge on any atom is 0.255 e. The molecular formula is C22H18F2N2O2. The third kappa shape index (κ3) is 4.06. The van der Waals surface area contributed by atoms with Gasteiger partial charge in [-0.3, -0.25) is 9.59 Å². The molecule has 3 aromatic rings. The van der Waals surface area contributed by atoms with Gasteiger partial charge < -0.3 is 10.6 Å². The summed E-state index contributed by atoms with van der Waals surface area (Å²) in [5, 5.41) is 5.07. The fourth-order valence-corrected chi connectivity index (χ4v) is 2.77. The predicted octanol–water partition coefficient (Wildman–Crippen LogP) is 5.09. The molecule has 0 aliphatic rings. The number of nitrogens with one attached hydrogen (secondary N) is 2. The molecule has 2 amide bonds. The quantitative estimate of drug-likeness (QED) is 0.663. The van der Waals surface area contributed by atoms with Gasteiger partial charge in [0.15, 0.2) is 0 Å². The van der Waals surface area contributed by atoms with Crippen LogP contribution in [0.4, 0.5) is 20.2 Å². The Morgan fingerprint density at radius 2 is 1.04 bits per heavy atom. The SMILES string of the molecule is Cc1cccc(C)c1NC(=O)c1ccc(C(=O)Nc2c(F)cccc2F)cc1. The third-order valence-electron chi connectivity index (χ3n) is 4.33. The number of aryl methyl sites for hydroxylation is 2. The monoisotopic (exact) mass is 380 g/mol. The van der Waals surface area contributed by atoms with Crippen LogP contribution in [0.1, 0.15) is 31.8 Å². The normalized spacial score (nSPS) is 10.4. The van der Waals surface area contributed by atoms with E-state index in [1.807, 2.05) is 32.0 Å². The van der Waals surface area contributed by atoms with E-state index in [1.165, 1.54) is 30.3 Å². The number of hydrogen-bond donors (Lipinski definition) is 2. The van der Waals surface area contributed by atoms with Gasteiger partial charge in [0.05, 0.1) is 0 Å². The fourth-order valence-electron chi connectivity index (χ4n) is 2.77. The molecule has 0 aliphatic carbocycles. The molecule has 0 fully saturated rings. The predicted molar refractivity (Wildman–Crippen MR) is 105 cm³/mol. The van der Waals surface area contributed by atoms with Crippen molar-refractivity contribution in [1.82, 2.24) is 0 Å². The lowest BCUT2D eigenvalue weighted by molar-refractivity contribution is 0.101. The second-order valence-corrected chi connectivity index (χ2v) is 6.35. The maximum absolute atomic E-state index is 13.7. The zero-order valence-corrected chi connectivity index (χ0v) is 15.3. The van der Waals surface area contributed by atoms with Gasteiger partial charge in [0.25, 0.3) is 11.8 Å². The van der Waals surface area contributed by atoms with Crippen molar-refractivity contribution in [2.24, 2.45) is 0 Å². The molecule has 0 spiro atoms. The van der Waals surface area contributed by atoms with E-state index in [2.05, 4.69) is 10.6 Å². The molecule has 0 radical (unpaired) electrons. The van der Waals surface area contributed by atoms with Gasteiger partial charge in [-0.05, 0) is 61.4 Å². The molecule has 0 unspecified atom stereocenters. The summed E-state index contributed by atoms with van der Waals surface area (Å²) in [7, 11) is 0. The van der Waals surface area contributed by atoms with Crippen LogP contribution in [0, 0.1) is 25.5 Å². The summed E-state index contributed by atoms with van der Waals surface area (Å²) in [5.41, 5.74) is 2.64. The van der Waals surface area contributed by atoms with E-state index >= 15 is 0 Å². The standard InChI is InChI=1S/C22H18F2N2O2/c1-13-5-3-6-14(2)19(13)25-21(27)15-9-11-16(12-10-15)22(28)26-20-17(23)7-4-8-18(20)24/h3-12H,1-2H3,(H,25,27)(H,26,28). The maximum atomic E-state index is 13.7. The minimum Gasteiger partial charge on any atom is -0.322 e. The Balaban J connectivity index is 1.74. The van der Waals surface area contributed by atoms with E-state index < -0.39 is 23.2 Å². The van der Waals surface area contributed by atoms with Crippen LogP contribution >= 0.6 is 0 Å². The van der Waals surface area contributed by atoms with Crippen molar-refractivity contribution in [2.45, 2.75) is 13.8 Å². The van der Waals surface area contributed by atoms with Crippen LogP contribution in [0.3, 0.4) is 0 Å². The van der Waals surface area contributed by atoms with Crippen LogP contribution in [0.15, 0.2) is 60.7 Å². The van der Waals surface area contributed by atoms with E-state index in [4.69, 9.17) is 0 Å². The lowest BCUT2D eigenvalue weighted by Gasteiger charge is -2.12. The minimum atomic E-state index is -0.863.